The largest absolute Gasteiger partial charge is 0.468 e. The molecule has 0 saturated carbocycles. The Bertz CT molecular complexity index is 352. The highest BCUT2D eigenvalue weighted by atomic mass is 16.3. The topological polar surface area (TPSA) is 62.6 Å². The lowest BCUT2D eigenvalue weighted by Crippen LogP contribution is -2.48. The summed E-state index contributed by atoms with van der Waals surface area (Å²) >= 11 is 0. The van der Waals surface area contributed by atoms with E-state index in [0.29, 0.717) is 0 Å². The van der Waals surface area contributed by atoms with Gasteiger partial charge in [-0.05, 0) is 38.3 Å². The highest BCUT2D eigenvalue weighted by Gasteiger charge is 2.34. The van der Waals surface area contributed by atoms with Crippen LogP contribution in [0.1, 0.15) is 44.9 Å². The molecule has 2 unspecified atom stereocenters. The lowest BCUT2D eigenvalue weighted by atomic mass is 9.91. The minimum atomic E-state index is -0.527. The van der Waals surface area contributed by atoms with Crippen molar-refractivity contribution in [1.29, 1.82) is 0 Å². The Morgan fingerprint density at radius 3 is 2.67 bits per heavy atom. The van der Waals surface area contributed by atoms with Crippen molar-refractivity contribution in [2.24, 2.45) is 5.73 Å². The number of aliphatic hydroxyl groups is 1. The minimum Gasteiger partial charge on any atom is -0.468 e. The standard InChI is InChI=1S/C14H24N2O2/c1-3-11(15)13(12-5-4-10-18-12)16-8-6-14(2,17)7-9-16/h4-5,10-11,13,17H,3,6-9,15H2,1-2H3. The number of hydrogen-bond donors (Lipinski definition) is 2. The smallest absolute Gasteiger partial charge is 0.122 e. The predicted molar refractivity (Wildman–Crippen MR) is 71.1 cm³/mol. The van der Waals surface area contributed by atoms with E-state index in [0.717, 1.165) is 38.1 Å². The Morgan fingerprint density at radius 2 is 2.17 bits per heavy atom. The fraction of sp³-hybridized carbons (Fsp3) is 0.714. The van der Waals surface area contributed by atoms with Gasteiger partial charge in [-0.25, -0.2) is 0 Å². The van der Waals surface area contributed by atoms with Crippen LogP contribution in [-0.4, -0.2) is 34.7 Å². The fourth-order valence-corrected chi connectivity index (χ4v) is 2.63. The van der Waals surface area contributed by atoms with E-state index >= 15 is 0 Å². The number of likely N-dealkylation sites (tertiary alicyclic amines) is 1. The summed E-state index contributed by atoms with van der Waals surface area (Å²) in [4.78, 5) is 2.34. The zero-order chi connectivity index (χ0) is 13.2. The van der Waals surface area contributed by atoms with Crippen LogP contribution in [0.5, 0.6) is 0 Å². The minimum absolute atomic E-state index is 0.0687. The molecular weight excluding hydrogens is 228 g/mol. The van der Waals surface area contributed by atoms with Gasteiger partial charge in [0, 0.05) is 19.1 Å². The summed E-state index contributed by atoms with van der Waals surface area (Å²) in [6.07, 6.45) is 4.20. The van der Waals surface area contributed by atoms with E-state index in [1.807, 2.05) is 19.1 Å². The molecule has 102 valence electrons. The quantitative estimate of drug-likeness (QED) is 0.859. The normalized spacial score (nSPS) is 23.8. The molecule has 1 aromatic heterocycles. The first-order valence-corrected chi connectivity index (χ1v) is 6.79. The zero-order valence-electron chi connectivity index (χ0n) is 11.3. The summed E-state index contributed by atoms with van der Waals surface area (Å²) in [5.41, 5.74) is 5.72. The van der Waals surface area contributed by atoms with Gasteiger partial charge in [-0.2, -0.15) is 0 Å². The van der Waals surface area contributed by atoms with Crippen molar-refractivity contribution < 1.29 is 9.52 Å². The van der Waals surface area contributed by atoms with Crippen molar-refractivity contribution in [1.82, 2.24) is 4.90 Å². The zero-order valence-corrected chi connectivity index (χ0v) is 11.3. The lowest BCUT2D eigenvalue weighted by molar-refractivity contribution is -0.0230. The Hall–Kier alpha value is -0.840. The van der Waals surface area contributed by atoms with E-state index in [9.17, 15) is 5.11 Å². The first kappa shape index (κ1) is 13.6. The molecule has 0 bridgehead atoms. The Labute approximate surface area is 109 Å². The molecule has 4 nitrogen and oxygen atoms in total. The number of nitrogens with zero attached hydrogens (tertiary/aromatic N) is 1. The molecule has 1 fully saturated rings. The van der Waals surface area contributed by atoms with E-state index < -0.39 is 5.60 Å². The first-order valence-electron chi connectivity index (χ1n) is 6.79. The van der Waals surface area contributed by atoms with Crippen LogP contribution in [0.25, 0.3) is 0 Å². The number of piperidine rings is 1. The maximum Gasteiger partial charge on any atom is 0.122 e. The SMILES string of the molecule is CCC(N)C(c1ccco1)N1CCC(C)(O)CC1. The van der Waals surface area contributed by atoms with E-state index in [1.54, 1.807) is 6.26 Å². The summed E-state index contributed by atoms with van der Waals surface area (Å²) in [6.45, 7) is 5.74. The molecule has 2 heterocycles. The third kappa shape index (κ3) is 2.94. The van der Waals surface area contributed by atoms with Gasteiger partial charge in [-0.3, -0.25) is 4.90 Å². The molecule has 4 heteroatoms. The Morgan fingerprint density at radius 1 is 1.50 bits per heavy atom. The van der Waals surface area contributed by atoms with Crippen LogP contribution in [-0.2, 0) is 0 Å². The van der Waals surface area contributed by atoms with E-state index in [4.69, 9.17) is 10.2 Å². The molecule has 1 saturated heterocycles. The van der Waals surface area contributed by atoms with E-state index in [-0.39, 0.29) is 12.1 Å². The second-order valence-electron chi connectivity index (χ2n) is 5.57. The molecule has 1 aliphatic rings. The average molecular weight is 252 g/mol. The van der Waals surface area contributed by atoms with Gasteiger partial charge in [0.15, 0.2) is 0 Å². The van der Waals surface area contributed by atoms with Gasteiger partial charge >= 0.3 is 0 Å². The second kappa shape index (κ2) is 5.43. The number of rotatable bonds is 4. The molecule has 3 N–H and O–H groups in total. The molecule has 2 atom stereocenters. The van der Waals surface area contributed by atoms with Gasteiger partial charge in [0.1, 0.15) is 5.76 Å². The van der Waals surface area contributed by atoms with Gasteiger partial charge in [0.2, 0.25) is 0 Å². The first-order chi connectivity index (χ1) is 8.53. The monoisotopic (exact) mass is 252 g/mol. The van der Waals surface area contributed by atoms with Gasteiger partial charge < -0.3 is 15.3 Å². The third-order valence-corrected chi connectivity index (χ3v) is 3.98. The molecule has 0 amide bonds. The maximum atomic E-state index is 10.0. The lowest BCUT2D eigenvalue weighted by Gasteiger charge is -2.41. The van der Waals surface area contributed by atoms with Crippen LogP contribution < -0.4 is 5.73 Å². The van der Waals surface area contributed by atoms with Crippen LogP contribution in [0.3, 0.4) is 0 Å². The average Bonchev–Trinajstić information content (AvgIpc) is 2.85. The van der Waals surface area contributed by atoms with Crippen molar-refractivity contribution in [2.45, 2.75) is 50.8 Å². The van der Waals surface area contributed by atoms with Crippen molar-refractivity contribution in [2.75, 3.05) is 13.1 Å². The summed E-state index contributed by atoms with van der Waals surface area (Å²) in [5, 5.41) is 10.0. The van der Waals surface area contributed by atoms with Crippen LogP contribution in [0.4, 0.5) is 0 Å². The fourth-order valence-electron chi connectivity index (χ4n) is 2.63. The summed E-state index contributed by atoms with van der Waals surface area (Å²) in [5.74, 6) is 0.936. The highest BCUT2D eigenvalue weighted by molar-refractivity contribution is 5.08. The molecule has 0 aliphatic carbocycles. The second-order valence-corrected chi connectivity index (χ2v) is 5.57. The third-order valence-electron chi connectivity index (χ3n) is 3.98. The molecule has 1 aliphatic heterocycles. The molecule has 18 heavy (non-hydrogen) atoms. The van der Waals surface area contributed by atoms with Crippen molar-refractivity contribution >= 4 is 0 Å². The molecule has 1 aromatic rings. The molecule has 0 spiro atoms. The van der Waals surface area contributed by atoms with Gasteiger partial charge in [0.05, 0.1) is 17.9 Å². The van der Waals surface area contributed by atoms with Crippen molar-refractivity contribution in [3.05, 3.63) is 24.2 Å². The molecule has 0 aromatic carbocycles. The van der Waals surface area contributed by atoms with Crippen LogP contribution in [0.2, 0.25) is 0 Å². The van der Waals surface area contributed by atoms with E-state index in [1.165, 1.54) is 0 Å². The van der Waals surface area contributed by atoms with Crippen LogP contribution in [0, 0.1) is 0 Å². The number of nitrogens with two attached hydrogens (primary N) is 1. The van der Waals surface area contributed by atoms with Crippen molar-refractivity contribution in [3.63, 3.8) is 0 Å². The van der Waals surface area contributed by atoms with Crippen molar-refractivity contribution in [3.8, 4) is 0 Å². The Kier molecular flexibility index (Phi) is 4.10. The van der Waals surface area contributed by atoms with Gasteiger partial charge in [0.25, 0.3) is 0 Å². The van der Waals surface area contributed by atoms with Gasteiger partial charge in [-0.15, -0.1) is 0 Å². The Balaban J connectivity index is 2.11. The molecule has 0 radical (unpaired) electrons. The summed E-state index contributed by atoms with van der Waals surface area (Å²) in [6, 6.07) is 4.10. The van der Waals surface area contributed by atoms with Crippen LogP contribution in [0.15, 0.2) is 22.8 Å². The summed E-state index contributed by atoms with van der Waals surface area (Å²) < 4.78 is 5.54. The van der Waals surface area contributed by atoms with Crippen LogP contribution >= 0.6 is 0 Å². The molecule has 2 rings (SSSR count). The number of hydrogen-bond acceptors (Lipinski definition) is 4. The van der Waals surface area contributed by atoms with E-state index in [2.05, 4.69) is 11.8 Å². The summed E-state index contributed by atoms with van der Waals surface area (Å²) in [7, 11) is 0. The van der Waals surface area contributed by atoms with Gasteiger partial charge in [-0.1, -0.05) is 6.92 Å². The predicted octanol–water partition coefficient (Wildman–Crippen LogP) is 1.90. The maximum absolute atomic E-state index is 10.0. The number of furan rings is 1. The highest BCUT2D eigenvalue weighted by Crippen LogP contribution is 2.31. The molecular formula is C14H24N2O2.